The van der Waals surface area contributed by atoms with Crippen LogP contribution in [0.1, 0.15) is 79.1 Å². The van der Waals surface area contributed by atoms with Crippen molar-refractivity contribution >= 4 is 5.78 Å². The van der Waals surface area contributed by atoms with Gasteiger partial charge in [-0.05, 0) is 51.4 Å². The number of alkyl halides is 2. The summed E-state index contributed by atoms with van der Waals surface area (Å²) in [5, 5.41) is 10.6. The maximum atomic E-state index is 12.8. The zero-order valence-corrected chi connectivity index (χ0v) is 15.3. The SMILES string of the molecule is CCC(CC)(CCCF)C(=O)/C=C(\O)C(CC)(CC)CCCF. The molecule has 0 aliphatic rings. The summed E-state index contributed by atoms with van der Waals surface area (Å²) in [4.78, 5) is 12.8. The number of carbonyl (C=O) groups excluding carboxylic acids is 1. The van der Waals surface area contributed by atoms with Gasteiger partial charge in [-0.2, -0.15) is 0 Å². The van der Waals surface area contributed by atoms with Crippen molar-refractivity contribution in [2.75, 3.05) is 13.3 Å². The molecule has 0 aliphatic carbocycles. The monoisotopic (exact) mass is 332 g/mol. The molecule has 0 aromatic carbocycles. The molecule has 0 aliphatic heterocycles. The molecule has 0 heterocycles. The molecule has 0 atom stereocenters. The van der Waals surface area contributed by atoms with Gasteiger partial charge in [0.25, 0.3) is 0 Å². The molecule has 0 rings (SSSR count). The summed E-state index contributed by atoms with van der Waals surface area (Å²) in [6.07, 6.45) is 5.68. The Bertz CT molecular complexity index is 370. The van der Waals surface area contributed by atoms with Gasteiger partial charge in [0.15, 0.2) is 5.78 Å². The molecule has 2 nitrogen and oxygen atoms in total. The van der Waals surface area contributed by atoms with Crippen LogP contribution in [0, 0.1) is 10.8 Å². The Labute approximate surface area is 140 Å². The highest BCUT2D eigenvalue weighted by atomic mass is 19.1. The largest absolute Gasteiger partial charge is 0.512 e. The number of halogens is 2. The molecule has 0 aromatic rings. The quantitative estimate of drug-likeness (QED) is 0.326. The fourth-order valence-electron chi connectivity index (χ4n) is 3.41. The topological polar surface area (TPSA) is 37.3 Å². The predicted molar refractivity (Wildman–Crippen MR) is 92.2 cm³/mol. The molecule has 0 radical (unpaired) electrons. The molecule has 0 saturated carbocycles. The van der Waals surface area contributed by atoms with Crippen molar-refractivity contribution in [3.63, 3.8) is 0 Å². The van der Waals surface area contributed by atoms with Crippen LogP contribution in [0.2, 0.25) is 0 Å². The Hall–Kier alpha value is -0.930. The first-order chi connectivity index (χ1) is 10.9. The number of rotatable bonds is 13. The summed E-state index contributed by atoms with van der Waals surface area (Å²) in [7, 11) is 0. The first-order valence-corrected chi connectivity index (χ1v) is 8.99. The molecule has 1 N–H and O–H groups in total. The normalized spacial score (nSPS) is 13.4. The molecule has 0 unspecified atom stereocenters. The lowest BCUT2D eigenvalue weighted by Crippen LogP contribution is -2.31. The maximum Gasteiger partial charge on any atom is 0.165 e. The van der Waals surface area contributed by atoms with Crippen molar-refractivity contribution < 1.29 is 18.7 Å². The van der Waals surface area contributed by atoms with E-state index in [-0.39, 0.29) is 11.5 Å². The third-order valence-electron chi connectivity index (χ3n) is 5.62. The van der Waals surface area contributed by atoms with Crippen molar-refractivity contribution in [3.8, 4) is 0 Å². The smallest absolute Gasteiger partial charge is 0.165 e. The summed E-state index contributed by atoms with van der Waals surface area (Å²) in [5.41, 5.74) is -1.14. The first-order valence-electron chi connectivity index (χ1n) is 8.99. The van der Waals surface area contributed by atoms with Crippen LogP contribution in [0.4, 0.5) is 8.78 Å². The van der Waals surface area contributed by atoms with Crippen molar-refractivity contribution in [1.29, 1.82) is 0 Å². The van der Waals surface area contributed by atoms with Gasteiger partial charge in [-0.25, -0.2) is 0 Å². The zero-order valence-electron chi connectivity index (χ0n) is 15.3. The molecule has 23 heavy (non-hydrogen) atoms. The van der Waals surface area contributed by atoms with Crippen LogP contribution in [-0.2, 0) is 4.79 Å². The van der Waals surface area contributed by atoms with E-state index in [1.165, 1.54) is 6.08 Å². The molecule has 0 amide bonds. The zero-order chi connectivity index (χ0) is 17.9. The summed E-state index contributed by atoms with van der Waals surface area (Å²) >= 11 is 0. The standard InChI is InChI=1S/C19H34F2O2/c1-5-18(6-2,11-9-13-20)16(22)15-17(23)19(7-3,8-4)12-10-14-21/h15,22H,5-14H2,1-4H3/b16-15-. The Morgan fingerprint density at radius 3 is 1.61 bits per heavy atom. The number of aliphatic hydroxyl groups is 1. The summed E-state index contributed by atoms with van der Waals surface area (Å²) < 4.78 is 25.1. The summed E-state index contributed by atoms with van der Waals surface area (Å²) in [6.45, 7) is 6.90. The molecule has 0 fully saturated rings. The van der Waals surface area contributed by atoms with E-state index in [4.69, 9.17) is 0 Å². The maximum absolute atomic E-state index is 12.8. The van der Waals surface area contributed by atoms with Crippen molar-refractivity contribution in [2.45, 2.75) is 79.1 Å². The van der Waals surface area contributed by atoms with E-state index in [0.717, 1.165) is 0 Å². The van der Waals surface area contributed by atoms with Crippen molar-refractivity contribution in [1.82, 2.24) is 0 Å². The third kappa shape index (κ3) is 5.58. The van der Waals surface area contributed by atoms with Gasteiger partial charge in [-0.1, -0.05) is 27.7 Å². The van der Waals surface area contributed by atoms with E-state index >= 15 is 0 Å². The van der Waals surface area contributed by atoms with E-state index in [2.05, 4.69) is 0 Å². The average Bonchev–Trinajstić information content (AvgIpc) is 2.57. The molecule has 136 valence electrons. The predicted octanol–water partition coefficient (Wildman–Crippen LogP) is 6.11. The lowest BCUT2D eigenvalue weighted by atomic mass is 9.72. The van der Waals surface area contributed by atoms with Gasteiger partial charge in [-0.15, -0.1) is 0 Å². The molecule has 4 heteroatoms. The number of allylic oxidation sites excluding steroid dienone is 2. The van der Waals surface area contributed by atoms with E-state index in [1.807, 2.05) is 27.7 Å². The van der Waals surface area contributed by atoms with Gasteiger partial charge in [0.1, 0.15) is 5.76 Å². The first kappa shape index (κ1) is 22.1. The molecule has 0 saturated heterocycles. The minimum atomic E-state index is -0.604. The highest BCUT2D eigenvalue weighted by molar-refractivity contribution is 5.95. The fourth-order valence-corrected chi connectivity index (χ4v) is 3.41. The Morgan fingerprint density at radius 2 is 1.26 bits per heavy atom. The van der Waals surface area contributed by atoms with Gasteiger partial charge in [-0.3, -0.25) is 13.6 Å². The summed E-state index contributed by atoms with van der Waals surface area (Å²) in [6, 6.07) is 0. The van der Waals surface area contributed by atoms with Crippen LogP contribution >= 0.6 is 0 Å². The van der Waals surface area contributed by atoms with E-state index in [0.29, 0.717) is 51.4 Å². The van der Waals surface area contributed by atoms with Gasteiger partial charge in [0.05, 0.1) is 13.3 Å². The second kappa shape index (κ2) is 10.8. The summed E-state index contributed by atoms with van der Waals surface area (Å²) in [5.74, 6) is -0.0625. The molecule has 0 bridgehead atoms. The average molecular weight is 332 g/mol. The fraction of sp³-hybridized carbons (Fsp3) is 0.842. The van der Waals surface area contributed by atoms with Crippen molar-refractivity contribution in [3.05, 3.63) is 11.8 Å². The van der Waals surface area contributed by atoms with Gasteiger partial charge in [0.2, 0.25) is 0 Å². The second-order valence-electron chi connectivity index (χ2n) is 6.45. The molecule has 0 spiro atoms. The highest BCUT2D eigenvalue weighted by Gasteiger charge is 2.36. The number of ketones is 1. The third-order valence-corrected chi connectivity index (χ3v) is 5.62. The number of aliphatic hydroxyl groups excluding tert-OH is 1. The van der Waals surface area contributed by atoms with Crippen LogP contribution in [-0.4, -0.2) is 24.2 Å². The Kier molecular flexibility index (Phi) is 10.3. The van der Waals surface area contributed by atoms with Gasteiger partial charge < -0.3 is 5.11 Å². The lowest BCUT2D eigenvalue weighted by molar-refractivity contribution is -0.125. The number of carbonyl (C=O) groups is 1. The Balaban J connectivity index is 5.47. The molecular formula is C19H34F2O2. The van der Waals surface area contributed by atoms with E-state index < -0.39 is 24.2 Å². The number of hydrogen-bond acceptors (Lipinski definition) is 2. The van der Waals surface area contributed by atoms with Crippen LogP contribution in [0.15, 0.2) is 11.8 Å². The highest BCUT2D eigenvalue weighted by Crippen LogP contribution is 2.40. The van der Waals surface area contributed by atoms with Crippen molar-refractivity contribution in [2.24, 2.45) is 10.8 Å². The minimum Gasteiger partial charge on any atom is -0.512 e. The van der Waals surface area contributed by atoms with Gasteiger partial charge >= 0.3 is 0 Å². The van der Waals surface area contributed by atoms with Crippen LogP contribution < -0.4 is 0 Å². The molecule has 0 aromatic heterocycles. The van der Waals surface area contributed by atoms with Gasteiger partial charge in [0, 0.05) is 16.9 Å². The Morgan fingerprint density at radius 1 is 0.870 bits per heavy atom. The van der Waals surface area contributed by atoms with Crippen LogP contribution in [0.5, 0.6) is 0 Å². The van der Waals surface area contributed by atoms with E-state index in [9.17, 15) is 18.7 Å². The lowest BCUT2D eigenvalue weighted by Gasteiger charge is -2.33. The second-order valence-corrected chi connectivity index (χ2v) is 6.45. The van der Waals surface area contributed by atoms with E-state index in [1.54, 1.807) is 0 Å². The van der Waals surface area contributed by atoms with Crippen LogP contribution in [0.25, 0.3) is 0 Å². The molecular weight excluding hydrogens is 298 g/mol. The van der Waals surface area contributed by atoms with Crippen LogP contribution in [0.3, 0.4) is 0 Å². The minimum absolute atomic E-state index is 0.0625. The number of hydrogen-bond donors (Lipinski definition) is 1.